The standard InChI is InChI=1S/C14H20N2OS/c1-14(6-7-15-9-14)16-13(17)12-8-10-4-2-3-5-11(10)18-12/h8,15H,2-7,9H2,1H3,(H,16,17). The lowest BCUT2D eigenvalue weighted by Gasteiger charge is -2.23. The fourth-order valence-corrected chi connectivity index (χ4v) is 4.01. The molecule has 1 aliphatic heterocycles. The molecule has 1 amide bonds. The zero-order valence-corrected chi connectivity index (χ0v) is 11.7. The topological polar surface area (TPSA) is 41.1 Å². The number of aryl methyl sites for hydroxylation is 2. The summed E-state index contributed by atoms with van der Waals surface area (Å²) in [6.07, 6.45) is 5.87. The number of carbonyl (C=O) groups excluding carboxylic acids is 1. The summed E-state index contributed by atoms with van der Waals surface area (Å²) in [5.74, 6) is 0.112. The number of hydrogen-bond donors (Lipinski definition) is 2. The fourth-order valence-electron chi connectivity index (χ4n) is 2.86. The highest BCUT2D eigenvalue weighted by molar-refractivity contribution is 7.14. The summed E-state index contributed by atoms with van der Waals surface area (Å²) in [5, 5.41) is 6.50. The van der Waals surface area contributed by atoms with E-state index in [-0.39, 0.29) is 11.4 Å². The third-order valence-electron chi connectivity index (χ3n) is 4.00. The average Bonchev–Trinajstić information content (AvgIpc) is 2.95. The van der Waals surface area contributed by atoms with Crippen LogP contribution in [0.4, 0.5) is 0 Å². The Morgan fingerprint density at radius 2 is 2.28 bits per heavy atom. The molecule has 1 fully saturated rings. The number of carbonyl (C=O) groups is 1. The molecule has 3 rings (SSSR count). The van der Waals surface area contributed by atoms with Crippen molar-refractivity contribution in [3.05, 3.63) is 21.4 Å². The van der Waals surface area contributed by atoms with Crippen molar-refractivity contribution in [3.63, 3.8) is 0 Å². The van der Waals surface area contributed by atoms with Crippen LogP contribution < -0.4 is 10.6 Å². The monoisotopic (exact) mass is 264 g/mol. The van der Waals surface area contributed by atoms with Crippen LogP contribution in [0.5, 0.6) is 0 Å². The molecule has 2 N–H and O–H groups in total. The molecule has 1 aliphatic carbocycles. The van der Waals surface area contributed by atoms with Crippen LogP contribution in [0, 0.1) is 0 Å². The Kier molecular flexibility index (Phi) is 3.16. The largest absolute Gasteiger partial charge is 0.345 e. The van der Waals surface area contributed by atoms with Gasteiger partial charge in [-0.1, -0.05) is 0 Å². The van der Waals surface area contributed by atoms with Crippen molar-refractivity contribution in [1.82, 2.24) is 10.6 Å². The maximum absolute atomic E-state index is 12.3. The molecular formula is C14H20N2OS. The molecule has 2 aliphatic rings. The van der Waals surface area contributed by atoms with Crippen molar-refractivity contribution in [2.45, 2.75) is 44.6 Å². The summed E-state index contributed by atoms with van der Waals surface area (Å²) in [6, 6.07) is 2.11. The van der Waals surface area contributed by atoms with Gasteiger partial charge in [0.25, 0.3) is 5.91 Å². The Morgan fingerprint density at radius 1 is 1.44 bits per heavy atom. The average molecular weight is 264 g/mol. The van der Waals surface area contributed by atoms with Gasteiger partial charge < -0.3 is 10.6 Å². The van der Waals surface area contributed by atoms with Crippen LogP contribution in [0.25, 0.3) is 0 Å². The first kappa shape index (κ1) is 12.2. The maximum atomic E-state index is 12.3. The Bertz CT molecular complexity index is 437. The van der Waals surface area contributed by atoms with Gasteiger partial charge in [-0.3, -0.25) is 4.79 Å². The molecule has 0 bridgehead atoms. The quantitative estimate of drug-likeness (QED) is 0.859. The predicted octanol–water partition coefficient (Wildman–Crippen LogP) is 2.11. The van der Waals surface area contributed by atoms with Crippen molar-refractivity contribution in [3.8, 4) is 0 Å². The third-order valence-corrected chi connectivity index (χ3v) is 5.24. The van der Waals surface area contributed by atoms with Gasteiger partial charge >= 0.3 is 0 Å². The molecular weight excluding hydrogens is 244 g/mol. The maximum Gasteiger partial charge on any atom is 0.261 e. The molecule has 0 radical (unpaired) electrons. The van der Waals surface area contributed by atoms with Crippen LogP contribution in [0.2, 0.25) is 0 Å². The summed E-state index contributed by atoms with van der Waals surface area (Å²) in [5.41, 5.74) is 1.34. The van der Waals surface area contributed by atoms with Crippen LogP contribution in [0.3, 0.4) is 0 Å². The van der Waals surface area contributed by atoms with E-state index >= 15 is 0 Å². The molecule has 18 heavy (non-hydrogen) atoms. The van der Waals surface area contributed by atoms with E-state index in [0.29, 0.717) is 0 Å². The molecule has 3 nitrogen and oxygen atoms in total. The van der Waals surface area contributed by atoms with E-state index in [9.17, 15) is 4.79 Å². The van der Waals surface area contributed by atoms with Gasteiger partial charge in [0.15, 0.2) is 0 Å². The van der Waals surface area contributed by atoms with Gasteiger partial charge in [-0.15, -0.1) is 11.3 Å². The first-order chi connectivity index (χ1) is 8.66. The van der Waals surface area contributed by atoms with E-state index in [1.807, 2.05) is 0 Å². The number of nitrogens with one attached hydrogen (secondary N) is 2. The fraction of sp³-hybridized carbons (Fsp3) is 0.643. The van der Waals surface area contributed by atoms with Crippen LogP contribution in [0.15, 0.2) is 6.07 Å². The van der Waals surface area contributed by atoms with Crippen molar-refractivity contribution in [2.24, 2.45) is 0 Å². The lowest BCUT2D eigenvalue weighted by molar-refractivity contribution is 0.0917. The van der Waals surface area contributed by atoms with Crippen LogP contribution in [0.1, 0.15) is 46.3 Å². The van der Waals surface area contributed by atoms with Gasteiger partial charge in [0.05, 0.1) is 10.4 Å². The zero-order valence-electron chi connectivity index (χ0n) is 10.8. The van der Waals surface area contributed by atoms with Crippen LogP contribution in [-0.4, -0.2) is 24.5 Å². The second-order valence-corrected chi connectivity index (χ2v) is 6.84. The summed E-state index contributed by atoms with van der Waals surface area (Å²) < 4.78 is 0. The van der Waals surface area contributed by atoms with Gasteiger partial charge in [0, 0.05) is 11.4 Å². The molecule has 2 heterocycles. The van der Waals surface area contributed by atoms with Crippen molar-refractivity contribution < 1.29 is 4.79 Å². The van der Waals surface area contributed by atoms with E-state index in [2.05, 4.69) is 23.6 Å². The Morgan fingerprint density at radius 3 is 3.00 bits per heavy atom. The van der Waals surface area contributed by atoms with Crippen molar-refractivity contribution in [2.75, 3.05) is 13.1 Å². The van der Waals surface area contributed by atoms with E-state index in [0.717, 1.165) is 37.2 Å². The highest BCUT2D eigenvalue weighted by atomic mass is 32.1. The molecule has 1 aromatic rings. The molecule has 0 spiro atoms. The van der Waals surface area contributed by atoms with Crippen molar-refractivity contribution >= 4 is 17.2 Å². The first-order valence-electron chi connectivity index (χ1n) is 6.81. The normalized spacial score (nSPS) is 26.9. The highest BCUT2D eigenvalue weighted by Crippen LogP contribution is 2.30. The van der Waals surface area contributed by atoms with E-state index < -0.39 is 0 Å². The Labute approximate surface area is 112 Å². The molecule has 98 valence electrons. The molecule has 0 aromatic carbocycles. The molecule has 1 aromatic heterocycles. The van der Waals surface area contributed by atoms with Crippen molar-refractivity contribution in [1.29, 1.82) is 0 Å². The summed E-state index contributed by atoms with van der Waals surface area (Å²) in [7, 11) is 0. The summed E-state index contributed by atoms with van der Waals surface area (Å²) >= 11 is 1.69. The summed E-state index contributed by atoms with van der Waals surface area (Å²) in [4.78, 5) is 14.6. The predicted molar refractivity (Wildman–Crippen MR) is 74.3 cm³/mol. The molecule has 1 unspecified atom stereocenters. The Hall–Kier alpha value is -0.870. The van der Waals surface area contributed by atoms with Gasteiger partial charge in [-0.2, -0.15) is 0 Å². The highest BCUT2D eigenvalue weighted by Gasteiger charge is 2.31. The summed E-state index contributed by atoms with van der Waals surface area (Å²) in [6.45, 7) is 4.00. The third kappa shape index (κ3) is 2.31. The Balaban J connectivity index is 1.74. The lowest BCUT2D eigenvalue weighted by Crippen LogP contribution is -2.47. The van der Waals surface area contributed by atoms with E-state index in [1.165, 1.54) is 23.3 Å². The molecule has 1 saturated heterocycles. The second kappa shape index (κ2) is 4.67. The van der Waals surface area contributed by atoms with Gasteiger partial charge in [-0.05, 0) is 57.2 Å². The zero-order chi connectivity index (χ0) is 12.6. The molecule has 1 atom stereocenters. The molecule has 0 saturated carbocycles. The number of thiophene rings is 1. The van der Waals surface area contributed by atoms with Crippen LogP contribution in [-0.2, 0) is 12.8 Å². The molecule has 4 heteroatoms. The number of hydrogen-bond acceptors (Lipinski definition) is 3. The lowest BCUT2D eigenvalue weighted by atomic mass is 9.99. The number of rotatable bonds is 2. The van der Waals surface area contributed by atoms with Gasteiger partial charge in [-0.25, -0.2) is 0 Å². The van der Waals surface area contributed by atoms with E-state index in [4.69, 9.17) is 0 Å². The number of fused-ring (bicyclic) bond motifs is 1. The van der Waals surface area contributed by atoms with E-state index in [1.54, 1.807) is 11.3 Å². The van der Waals surface area contributed by atoms with Crippen LogP contribution >= 0.6 is 11.3 Å². The van der Waals surface area contributed by atoms with Gasteiger partial charge in [0.1, 0.15) is 0 Å². The number of amides is 1. The SMILES string of the molecule is CC1(NC(=O)c2cc3c(s2)CCCC3)CCNC1. The minimum Gasteiger partial charge on any atom is -0.345 e. The minimum atomic E-state index is -0.0679. The minimum absolute atomic E-state index is 0.0679. The smallest absolute Gasteiger partial charge is 0.261 e. The van der Waals surface area contributed by atoms with Gasteiger partial charge in [0.2, 0.25) is 0 Å². The first-order valence-corrected chi connectivity index (χ1v) is 7.63. The second-order valence-electron chi connectivity index (χ2n) is 5.71.